The average Bonchev–Trinajstić information content (AvgIpc) is 2.70. The first-order valence-corrected chi connectivity index (χ1v) is 6.28. The third-order valence-electron chi connectivity index (χ3n) is 3.69. The van der Waals surface area contributed by atoms with Crippen molar-refractivity contribution in [2.24, 2.45) is 5.92 Å². The highest BCUT2D eigenvalue weighted by Crippen LogP contribution is 2.18. The van der Waals surface area contributed by atoms with E-state index in [-0.39, 0.29) is 0 Å². The molecule has 0 radical (unpaired) electrons. The summed E-state index contributed by atoms with van der Waals surface area (Å²) in [4.78, 5) is 2.48. The summed E-state index contributed by atoms with van der Waals surface area (Å²) in [6, 6.07) is 0.706. The molecule has 2 heterocycles. The molecule has 1 N–H and O–H groups in total. The van der Waals surface area contributed by atoms with E-state index in [1.165, 1.54) is 25.8 Å². The molecule has 0 spiro atoms. The summed E-state index contributed by atoms with van der Waals surface area (Å²) in [7, 11) is 2.24. The van der Waals surface area contributed by atoms with Gasteiger partial charge in [0.05, 0.1) is 6.10 Å². The van der Waals surface area contributed by atoms with Gasteiger partial charge in [0.1, 0.15) is 0 Å². The summed E-state index contributed by atoms with van der Waals surface area (Å²) in [5.74, 6) is 0.815. The molecule has 3 atom stereocenters. The molecule has 15 heavy (non-hydrogen) atoms. The van der Waals surface area contributed by atoms with Crippen LogP contribution in [-0.4, -0.2) is 50.3 Å². The Bertz CT molecular complexity index is 192. The lowest BCUT2D eigenvalue weighted by molar-refractivity contribution is 0.0595. The maximum absolute atomic E-state index is 5.68. The summed E-state index contributed by atoms with van der Waals surface area (Å²) >= 11 is 0. The second-order valence-corrected chi connectivity index (χ2v) is 5.23. The number of ether oxygens (including phenoxy) is 1. The van der Waals surface area contributed by atoms with Crippen molar-refractivity contribution < 1.29 is 4.74 Å². The summed E-state index contributed by atoms with van der Waals surface area (Å²) in [5, 5.41) is 3.51. The van der Waals surface area contributed by atoms with Gasteiger partial charge in [0.2, 0.25) is 0 Å². The fourth-order valence-corrected chi connectivity index (χ4v) is 2.72. The molecular formula is C12H24N2O. The van der Waals surface area contributed by atoms with Crippen LogP contribution in [0.15, 0.2) is 0 Å². The zero-order valence-corrected chi connectivity index (χ0v) is 10.0. The van der Waals surface area contributed by atoms with Gasteiger partial charge in [0.25, 0.3) is 0 Å². The van der Waals surface area contributed by atoms with Gasteiger partial charge in [-0.25, -0.2) is 0 Å². The number of piperidine rings is 1. The van der Waals surface area contributed by atoms with Gasteiger partial charge in [0, 0.05) is 25.7 Å². The number of nitrogens with one attached hydrogen (secondary N) is 1. The zero-order chi connectivity index (χ0) is 10.7. The predicted molar refractivity (Wildman–Crippen MR) is 62.0 cm³/mol. The van der Waals surface area contributed by atoms with Crippen LogP contribution in [0.4, 0.5) is 0 Å². The molecule has 2 aliphatic heterocycles. The van der Waals surface area contributed by atoms with Gasteiger partial charge in [-0.1, -0.05) is 6.92 Å². The molecular weight excluding hydrogens is 188 g/mol. The number of likely N-dealkylation sites (N-methyl/N-ethyl adjacent to an activating group) is 1. The van der Waals surface area contributed by atoms with Crippen LogP contribution in [0, 0.1) is 5.92 Å². The molecule has 0 aromatic heterocycles. The van der Waals surface area contributed by atoms with E-state index in [0.29, 0.717) is 12.1 Å². The molecule has 3 heteroatoms. The summed E-state index contributed by atoms with van der Waals surface area (Å²) in [6.45, 7) is 6.74. The molecule has 2 fully saturated rings. The Morgan fingerprint density at radius 3 is 2.93 bits per heavy atom. The van der Waals surface area contributed by atoms with Crippen LogP contribution in [0.1, 0.15) is 26.2 Å². The van der Waals surface area contributed by atoms with E-state index in [4.69, 9.17) is 4.74 Å². The Balaban J connectivity index is 1.76. The Morgan fingerprint density at radius 2 is 2.27 bits per heavy atom. The monoisotopic (exact) mass is 212 g/mol. The van der Waals surface area contributed by atoms with Crippen LogP contribution in [0.25, 0.3) is 0 Å². The first kappa shape index (κ1) is 11.4. The van der Waals surface area contributed by atoms with Gasteiger partial charge >= 0.3 is 0 Å². The first-order chi connectivity index (χ1) is 7.25. The minimum atomic E-state index is 0.493. The fraction of sp³-hybridized carbons (Fsp3) is 1.00. The Kier molecular flexibility index (Phi) is 4.00. The summed E-state index contributed by atoms with van der Waals surface area (Å²) < 4.78 is 5.68. The summed E-state index contributed by atoms with van der Waals surface area (Å²) in [5.41, 5.74) is 0. The standard InChI is InChI=1S/C12H24N2O/c1-10-6-11(8-13-7-10)14(2)9-12-4-3-5-15-12/h10-13H,3-9H2,1-2H3. The lowest BCUT2D eigenvalue weighted by Gasteiger charge is -2.35. The maximum atomic E-state index is 5.68. The van der Waals surface area contributed by atoms with Gasteiger partial charge in [-0.3, -0.25) is 4.90 Å². The molecule has 3 nitrogen and oxygen atoms in total. The molecule has 0 aromatic carbocycles. The quantitative estimate of drug-likeness (QED) is 0.758. The molecule has 2 aliphatic rings. The molecule has 0 amide bonds. The Hall–Kier alpha value is -0.120. The first-order valence-electron chi connectivity index (χ1n) is 6.28. The van der Waals surface area contributed by atoms with E-state index in [9.17, 15) is 0 Å². The lowest BCUT2D eigenvalue weighted by atomic mass is 9.96. The molecule has 2 saturated heterocycles. The van der Waals surface area contributed by atoms with E-state index < -0.39 is 0 Å². The van der Waals surface area contributed by atoms with Gasteiger partial charge in [-0.15, -0.1) is 0 Å². The van der Waals surface area contributed by atoms with Gasteiger partial charge in [-0.2, -0.15) is 0 Å². The predicted octanol–water partition coefficient (Wildman–Crippen LogP) is 1.10. The molecule has 0 saturated carbocycles. The van der Waals surface area contributed by atoms with Crippen molar-refractivity contribution in [1.82, 2.24) is 10.2 Å². The number of hydrogen-bond donors (Lipinski definition) is 1. The van der Waals surface area contributed by atoms with Gasteiger partial charge in [0.15, 0.2) is 0 Å². The topological polar surface area (TPSA) is 24.5 Å². The number of hydrogen-bond acceptors (Lipinski definition) is 3. The molecule has 88 valence electrons. The highest BCUT2D eigenvalue weighted by molar-refractivity contribution is 4.82. The molecule has 3 unspecified atom stereocenters. The van der Waals surface area contributed by atoms with E-state index in [2.05, 4.69) is 24.2 Å². The Morgan fingerprint density at radius 1 is 1.40 bits per heavy atom. The molecule has 0 aliphatic carbocycles. The molecule has 2 rings (SSSR count). The molecule has 0 bridgehead atoms. The largest absolute Gasteiger partial charge is 0.377 e. The minimum absolute atomic E-state index is 0.493. The van der Waals surface area contributed by atoms with Gasteiger partial charge < -0.3 is 10.1 Å². The second-order valence-electron chi connectivity index (χ2n) is 5.23. The number of rotatable bonds is 3. The third kappa shape index (κ3) is 3.16. The van der Waals surface area contributed by atoms with E-state index >= 15 is 0 Å². The van der Waals surface area contributed by atoms with Crippen LogP contribution in [0.2, 0.25) is 0 Å². The minimum Gasteiger partial charge on any atom is -0.377 e. The second kappa shape index (κ2) is 5.28. The van der Waals surface area contributed by atoms with E-state index in [1.54, 1.807) is 0 Å². The van der Waals surface area contributed by atoms with Crippen molar-refractivity contribution in [1.29, 1.82) is 0 Å². The Labute approximate surface area is 93.2 Å². The highest BCUT2D eigenvalue weighted by atomic mass is 16.5. The average molecular weight is 212 g/mol. The normalized spacial score (nSPS) is 37.4. The van der Waals surface area contributed by atoms with Crippen molar-refractivity contribution in [3.63, 3.8) is 0 Å². The SMILES string of the molecule is CC1CNCC(N(C)CC2CCCO2)C1. The van der Waals surface area contributed by atoms with Crippen LogP contribution < -0.4 is 5.32 Å². The fourth-order valence-electron chi connectivity index (χ4n) is 2.72. The summed E-state index contributed by atoms with van der Waals surface area (Å²) in [6.07, 6.45) is 4.32. The van der Waals surface area contributed by atoms with E-state index in [1.807, 2.05) is 0 Å². The third-order valence-corrected chi connectivity index (χ3v) is 3.69. The van der Waals surface area contributed by atoms with Crippen LogP contribution >= 0.6 is 0 Å². The van der Waals surface area contributed by atoms with Crippen LogP contribution in [0.5, 0.6) is 0 Å². The molecule has 0 aromatic rings. The lowest BCUT2D eigenvalue weighted by Crippen LogP contribution is -2.48. The van der Waals surface area contributed by atoms with Crippen molar-refractivity contribution in [3.05, 3.63) is 0 Å². The zero-order valence-electron chi connectivity index (χ0n) is 10.0. The maximum Gasteiger partial charge on any atom is 0.0702 e. The van der Waals surface area contributed by atoms with Crippen molar-refractivity contribution >= 4 is 0 Å². The highest BCUT2D eigenvalue weighted by Gasteiger charge is 2.25. The van der Waals surface area contributed by atoms with E-state index in [0.717, 1.165) is 25.6 Å². The smallest absolute Gasteiger partial charge is 0.0702 e. The van der Waals surface area contributed by atoms with Crippen molar-refractivity contribution in [3.8, 4) is 0 Å². The van der Waals surface area contributed by atoms with Crippen molar-refractivity contribution in [2.75, 3.05) is 33.3 Å². The van der Waals surface area contributed by atoms with Crippen LogP contribution in [-0.2, 0) is 4.74 Å². The number of nitrogens with zero attached hydrogens (tertiary/aromatic N) is 1. The van der Waals surface area contributed by atoms with Gasteiger partial charge in [-0.05, 0) is 38.8 Å². The van der Waals surface area contributed by atoms with Crippen molar-refractivity contribution in [2.45, 2.75) is 38.3 Å². The van der Waals surface area contributed by atoms with Crippen LogP contribution in [0.3, 0.4) is 0 Å².